The molecule has 0 bridgehead atoms. The first-order valence-corrected chi connectivity index (χ1v) is 5.32. The van der Waals surface area contributed by atoms with Crippen molar-refractivity contribution >= 4 is 11.7 Å². The van der Waals surface area contributed by atoms with Crippen LogP contribution in [-0.4, -0.2) is 29.0 Å². The summed E-state index contributed by atoms with van der Waals surface area (Å²) in [6.07, 6.45) is 6.81. The molecule has 2 amide bonds. The molecule has 1 fully saturated rings. The molecule has 0 aromatic carbocycles. The predicted molar refractivity (Wildman–Crippen MR) is 58.7 cm³/mol. The van der Waals surface area contributed by atoms with E-state index in [4.69, 9.17) is 0 Å². The molecule has 1 aromatic heterocycles. The molecule has 1 N–H and O–H groups in total. The Balaban J connectivity index is 1.91. The molecule has 1 aromatic rings. The minimum Gasteiger partial charge on any atom is -0.325 e. The number of pyridine rings is 1. The topological polar surface area (TPSA) is 45.2 Å². The van der Waals surface area contributed by atoms with Crippen LogP contribution in [-0.2, 0) is 0 Å². The second kappa shape index (κ2) is 4.77. The van der Waals surface area contributed by atoms with Crippen molar-refractivity contribution in [1.82, 2.24) is 9.88 Å². The molecule has 0 radical (unpaired) electrons. The van der Waals surface area contributed by atoms with Crippen molar-refractivity contribution < 1.29 is 4.79 Å². The highest BCUT2D eigenvalue weighted by molar-refractivity contribution is 5.89. The van der Waals surface area contributed by atoms with Gasteiger partial charge in [-0.05, 0) is 31.4 Å². The van der Waals surface area contributed by atoms with Gasteiger partial charge in [0.1, 0.15) is 0 Å². The minimum absolute atomic E-state index is 0.000833. The Hall–Kier alpha value is -1.58. The number of piperidine rings is 1. The van der Waals surface area contributed by atoms with Crippen LogP contribution in [0.25, 0.3) is 0 Å². The van der Waals surface area contributed by atoms with Crippen molar-refractivity contribution in [3.05, 3.63) is 24.5 Å². The normalized spacial score (nSPS) is 16.1. The minimum atomic E-state index is 0.000833. The van der Waals surface area contributed by atoms with E-state index in [1.807, 2.05) is 4.90 Å². The Morgan fingerprint density at radius 2 is 1.87 bits per heavy atom. The molecule has 2 rings (SSSR count). The van der Waals surface area contributed by atoms with Gasteiger partial charge in [-0.1, -0.05) is 0 Å². The standard InChI is InChI=1S/C11H15N3O/c15-11(14-8-2-1-3-9-14)13-10-4-6-12-7-5-10/h4-7H,1-3,8-9H2,(H,12,13,15). The van der Waals surface area contributed by atoms with Gasteiger partial charge in [-0.2, -0.15) is 0 Å². The maximum Gasteiger partial charge on any atom is 0.321 e. The Kier molecular flexibility index (Phi) is 3.17. The lowest BCUT2D eigenvalue weighted by atomic mass is 10.1. The number of likely N-dealkylation sites (tertiary alicyclic amines) is 1. The molecule has 0 atom stereocenters. The van der Waals surface area contributed by atoms with E-state index in [2.05, 4.69) is 10.3 Å². The van der Waals surface area contributed by atoms with E-state index in [9.17, 15) is 4.79 Å². The van der Waals surface area contributed by atoms with Gasteiger partial charge < -0.3 is 10.2 Å². The fraction of sp³-hybridized carbons (Fsp3) is 0.455. The van der Waals surface area contributed by atoms with E-state index in [1.165, 1.54) is 6.42 Å². The molecule has 1 saturated heterocycles. The van der Waals surface area contributed by atoms with E-state index in [-0.39, 0.29) is 6.03 Å². The molecular formula is C11H15N3O. The number of nitrogens with zero attached hydrogens (tertiary/aromatic N) is 2. The molecule has 80 valence electrons. The zero-order valence-corrected chi connectivity index (χ0v) is 8.65. The molecule has 2 heterocycles. The van der Waals surface area contributed by atoms with Crippen LogP contribution in [0.15, 0.2) is 24.5 Å². The highest BCUT2D eigenvalue weighted by Gasteiger charge is 2.15. The SMILES string of the molecule is O=C(Nc1ccncc1)N1CCCCC1. The quantitative estimate of drug-likeness (QED) is 0.763. The number of hydrogen-bond acceptors (Lipinski definition) is 2. The number of anilines is 1. The monoisotopic (exact) mass is 205 g/mol. The molecule has 0 saturated carbocycles. The number of carbonyl (C=O) groups excluding carboxylic acids is 1. The zero-order chi connectivity index (χ0) is 10.5. The average Bonchev–Trinajstić information content (AvgIpc) is 2.31. The van der Waals surface area contributed by atoms with Gasteiger partial charge in [0.25, 0.3) is 0 Å². The number of nitrogens with one attached hydrogen (secondary N) is 1. The highest BCUT2D eigenvalue weighted by Crippen LogP contribution is 2.11. The van der Waals surface area contributed by atoms with Crippen molar-refractivity contribution in [1.29, 1.82) is 0 Å². The van der Waals surface area contributed by atoms with Gasteiger partial charge >= 0.3 is 6.03 Å². The molecule has 0 aliphatic carbocycles. The smallest absolute Gasteiger partial charge is 0.321 e. The van der Waals surface area contributed by atoms with E-state index in [0.717, 1.165) is 31.6 Å². The summed E-state index contributed by atoms with van der Waals surface area (Å²) >= 11 is 0. The summed E-state index contributed by atoms with van der Waals surface area (Å²) < 4.78 is 0. The van der Waals surface area contributed by atoms with Crippen LogP contribution in [0.4, 0.5) is 10.5 Å². The number of aromatic nitrogens is 1. The van der Waals surface area contributed by atoms with Crippen molar-refractivity contribution in [3.63, 3.8) is 0 Å². The summed E-state index contributed by atoms with van der Waals surface area (Å²) in [7, 11) is 0. The van der Waals surface area contributed by atoms with E-state index < -0.39 is 0 Å². The largest absolute Gasteiger partial charge is 0.325 e. The molecule has 0 unspecified atom stereocenters. The summed E-state index contributed by atoms with van der Waals surface area (Å²) in [6.45, 7) is 1.74. The van der Waals surface area contributed by atoms with E-state index in [0.29, 0.717) is 0 Å². The number of urea groups is 1. The summed E-state index contributed by atoms with van der Waals surface area (Å²) in [4.78, 5) is 17.5. The number of amides is 2. The molecule has 1 aliphatic heterocycles. The molecule has 1 aliphatic rings. The van der Waals surface area contributed by atoms with Gasteiger partial charge in [-0.3, -0.25) is 4.98 Å². The molecular weight excluding hydrogens is 190 g/mol. The van der Waals surface area contributed by atoms with Gasteiger partial charge in [0.15, 0.2) is 0 Å². The Bertz CT molecular complexity index is 320. The van der Waals surface area contributed by atoms with Crippen LogP contribution in [0.1, 0.15) is 19.3 Å². The van der Waals surface area contributed by atoms with Crippen LogP contribution in [0, 0.1) is 0 Å². The average molecular weight is 205 g/mol. The first-order valence-electron chi connectivity index (χ1n) is 5.32. The van der Waals surface area contributed by atoms with Gasteiger partial charge in [0.05, 0.1) is 0 Å². The summed E-state index contributed by atoms with van der Waals surface area (Å²) in [5.74, 6) is 0. The Morgan fingerprint density at radius 1 is 1.20 bits per heavy atom. The molecule has 0 spiro atoms. The first kappa shape index (κ1) is 9.96. The van der Waals surface area contributed by atoms with Gasteiger partial charge in [-0.15, -0.1) is 0 Å². The van der Waals surface area contributed by atoms with E-state index in [1.54, 1.807) is 24.5 Å². The van der Waals surface area contributed by atoms with Crippen LogP contribution >= 0.6 is 0 Å². The predicted octanol–water partition coefficient (Wildman–Crippen LogP) is 2.10. The zero-order valence-electron chi connectivity index (χ0n) is 8.65. The molecule has 4 heteroatoms. The maximum atomic E-state index is 11.8. The van der Waals surface area contributed by atoms with Crippen LogP contribution in [0.3, 0.4) is 0 Å². The lowest BCUT2D eigenvalue weighted by Crippen LogP contribution is -2.38. The third kappa shape index (κ3) is 2.68. The summed E-state index contributed by atoms with van der Waals surface area (Å²) in [5.41, 5.74) is 0.806. The maximum absolute atomic E-state index is 11.8. The van der Waals surface area contributed by atoms with Crippen LogP contribution < -0.4 is 5.32 Å². The van der Waals surface area contributed by atoms with Gasteiger partial charge in [-0.25, -0.2) is 4.79 Å². The Labute approximate surface area is 89.3 Å². The van der Waals surface area contributed by atoms with Gasteiger partial charge in [0.2, 0.25) is 0 Å². The van der Waals surface area contributed by atoms with Crippen LogP contribution in [0.2, 0.25) is 0 Å². The highest BCUT2D eigenvalue weighted by atomic mass is 16.2. The van der Waals surface area contributed by atoms with Crippen molar-refractivity contribution in [2.75, 3.05) is 18.4 Å². The second-order valence-corrected chi connectivity index (χ2v) is 3.71. The third-order valence-corrected chi connectivity index (χ3v) is 2.57. The lowest BCUT2D eigenvalue weighted by molar-refractivity contribution is 0.200. The number of hydrogen-bond donors (Lipinski definition) is 1. The number of carbonyl (C=O) groups is 1. The summed E-state index contributed by atoms with van der Waals surface area (Å²) in [5, 5.41) is 2.86. The van der Waals surface area contributed by atoms with Crippen molar-refractivity contribution in [2.45, 2.75) is 19.3 Å². The first-order chi connectivity index (χ1) is 7.36. The fourth-order valence-electron chi connectivity index (χ4n) is 1.73. The fourth-order valence-corrected chi connectivity index (χ4v) is 1.73. The molecule has 4 nitrogen and oxygen atoms in total. The van der Waals surface area contributed by atoms with Crippen LogP contribution in [0.5, 0.6) is 0 Å². The number of rotatable bonds is 1. The lowest BCUT2D eigenvalue weighted by Gasteiger charge is -2.26. The van der Waals surface area contributed by atoms with Crippen molar-refractivity contribution in [2.24, 2.45) is 0 Å². The third-order valence-electron chi connectivity index (χ3n) is 2.57. The Morgan fingerprint density at radius 3 is 2.53 bits per heavy atom. The molecule has 15 heavy (non-hydrogen) atoms. The van der Waals surface area contributed by atoms with Gasteiger partial charge in [0, 0.05) is 31.2 Å². The van der Waals surface area contributed by atoms with Crippen molar-refractivity contribution in [3.8, 4) is 0 Å². The van der Waals surface area contributed by atoms with E-state index >= 15 is 0 Å². The second-order valence-electron chi connectivity index (χ2n) is 3.71. The summed E-state index contributed by atoms with van der Waals surface area (Å²) in [6, 6.07) is 3.59.